The van der Waals surface area contributed by atoms with E-state index in [2.05, 4.69) is 71.8 Å². The van der Waals surface area contributed by atoms with E-state index in [1.165, 1.54) is 31.2 Å². The number of aliphatic hydroxyl groups is 5. The van der Waals surface area contributed by atoms with Crippen LogP contribution in [0.2, 0.25) is 0 Å². The van der Waals surface area contributed by atoms with Crippen LogP contribution in [0.1, 0.15) is 138 Å². The molecule has 2 aromatic rings. The first-order valence-electron chi connectivity index (χ1n) is 30.1. The highest BCUT2D eigenvalue weighted by atomic mass is 16.5. The molecule has 2 heterocycles. The lowest BCUT2D eigenvalue weighted by atomic mass is 9.32. The first-order valence-corrected chi connectivity index (χ1v) is 30.1. The Morgan fingerprint density at radius 2 is 1.63 bits per heavy atom. The first kappa shape index (κ1) is 49.0. The summed E-state index contributed by atoms with van der Waals surface area (Å²) >= 11 is 0. The minimum absolute atomic E-state index is 0.0984. The molecule has 23 atom stereocenters. The van der Waals surface area contributed by atoms with E-state index in [4.69, 9.17) is 9.47 Å². The van der Waals surface area contributed by atoms with Crippen LogP contribution in [0.4, 0.5) is 0 Å². The number of aldehydes is 1. The predicted molar refractivity (Wildman–Crippen MR) is 284 cm³/mol. The summed E-state index contributed by atoms with van der Waals surface area (Å²) in [7, 11) is 0. The lowest BCUT2D eigenvalue weighted by molar-refractivity contribution is -0.387. The van der Waals surface area contributed by atoms with E-state index in [9.17, 15) is 25.2 Å². The molecular formula is C66H79NO9. The summed E-state index contributed by atoms with van der Waals surface area (Å²) in [6.07, 6.45) is 23.2. The second-order valence-electron chi connectivity index (χ2n) is 27.5. The van der Waals surface area contributed by atoms with Crippen LogP contribution in [-0.2, 0) is 25.5 Å². The summed E-state index contributed by atoms with van der Waals surface area (Å²) < 4.78 is 13.6. The number of ether oxygens (including phenoxy) is 2. The number of carbonyl (C=O) groups excluding carboxylic acids is 2. The zero-order valence-electron chi connectivity index (χ0n) is 44.1. The molecule has 9 saturated carbocycles. The van der Waals surface area contributed by atoms with Crippen molar-refractivity contribution in [1.82, 2.24) is 5.32 Å². The van der Waals surface area contributed by atoms with Gasteiger partial charge in [0, 0.05) is 58.6 Å². The van der Waals surface area contributed by atoms with Crippen molar-refractivity contribution in [2.24, 2.45) is 93.2 Å². The number of esters is 1. The van der Waals surface area contributed by atoms with Crippen LogP contribution in [0.15, 0.2) is 90.7 Å². The summed E-state index contributed by atoms with van der Waals surface area (Å²) in [6.45, 7) is -0.276. The number of aliphatic hydroxyl groups excluding tert-OH is 2. The maximum absolute atomic E-state index is 15.6. The second kappa shape index (κ2) is 17.5. The fourth-order valence-corrected chi connectivity index (χ4v) is 23.3. The molecule has 76 heavy (non-hydrogen) atoms. The van der Waals surface area contributed by atoms with Gasteiger partial charge in [0.05, 0.1) is 30.1 Å². The van der Waals surface area contributed by atoms with Crippen molar-refractivity contribution >= 4 is 12.3 Å². The summed E-state index contributed by atoms with van der Waals surface area (Å²) in [6, 6.07) is 18.7. The van der Waals surface area contributed by atoms with Crippen molar-refractivity contribution in [1.29, 1.82) is 0 Å². The Balaban J connectivity index is 0.917. The van der Waals surface area contributed by atoms with E-state index in [1.807, 2.05) is 24.5 Å². The van der Waals surface area contributed by atoms with E-state index in [0.29, 0.717) is 81.5 Å². The van der Waals surface area contributed by atoms with Crippen molar-refractivity contribution < 1.29 is 44.6 Å². The van der Waals surface area contributed by atoms with Gasteiger partial charge in [0.2, 0.25) is 0 Å². The van der Waals surface area contributed by atoms with Gasteiger partial charge in [0.25, 0.3) is 0 Å². The number of allylic oxidation sites excluding steroid dienone is 3. The Morgan fingerprint density at radius 1 is 0.803 bits per heavy atom. The van der Waals surface area contributed by atoms with Crippen molar-refractivity contribution in [2.75, 3.05) is 6.73 Å². The van der Waals surface area contributed by atoms with Crippen molar-refractivity contribution in [3.05, 3.63) is 107 Å². The molecule has 6 N–H and O–H groups in total. The number of nitrogens with one attached hydrogen (secondary N) is 1. The molecule has 10 heteroatoms. The van der Waals surface area contributed by atoms with Crippen LogP contribution in [0.5, 0.6) is 0 Å². The lowest BCUT2D eigenvalue weighted by Crippen LogP contribution is -2.87. The zero-order valence-corrected chi connectivity index (χ0v) is 44.1. The SMILES string of the molecule is O=C[C@@]12C[C@@]34[C@H](OC=C[C@H]3C[C@@H]3C[C@@H](c5ccccc5)CC[C@@H]34)[C@H]3C[C@@H]4C=CC[C@@H](C5CCCC5)[C@H]4C[C@@H]([C@H](O)[C@]4(O)[C@@H]1CC[C@@]15CCC#Cc6ccccc6C[C@@H](NCO)[C@@H]6C[C@@H](C[C@@]14O)[C@@H]5C1=CC(=O)O[C@@H]16)[C@]32O. The average Bonchev–Trinajstić information content (AvgIpc) is 3.93. The highest BCUT2D eigenvalue weighted by Gasteiger charge is 2.88. The quantitative estimate of drug-likeness (QED) is 0.0563. The number of benzene rings is 2. The molecule has 2 aromatic carbocycles. The molecule has 0 radical (unpaired) electrons. The first-order chi connectivity index (χ1) is 36.9. The number of carbonyl (C=O) groups is 2. The summed E-state index contributed by atoms with van der Waals surface area (Å²) in [4.78, 5) is 29.5. The molecule has 2 spiro atoms. The molecule has 2 aliphatic heterocycles. The molecular weight excluding hydrogens is 951 g/mol. The molecule has 13 aliphatic rings. The van der Waals surface area contributed by atoms with Gasteiger partial charge in [-0.25, -0.2) is 4.79 Å². The predicted octanol–water partition coefficient (Wildman–Crippen LogP) is 8.49. The van der Waals surface area contributed by atoms with Gasteiger partial charge >= 0.3 is 5.97 Å². The molecule has 0 unspecified atom stereocenters. The van der Waals surface area contributed by atoms with E-state index in [1.54, 1.807) is 6.08 Å². The Bertz CT molecular complexity index is 2830. The summed E-state index contributed by atoms with van der Waals surface area (Å²) in [5.41, 5.74) is -4.87. The smallest absolute Gasteiger partial charge is 0.331 e. The number of fused-ring (bicyclic) bond motifs is 10. The Hall–Kier alpha value is -4.08. The molecule has 11 aliphatic carbocycles. The van der Waals surface area contributed by atoms with E-state index in [-0.39, 0.29) is 66.7 Å². The van der Waals surface area contributed by atoms with Crippen LogP contribution < -0.4 is 5.32 Å². The van der Waals surface area contributed by atoms with Gasteiger partial charge < -0.3 is 39.8 Å². The Labute approximate surface area is 448 Å². The molecule has 10 nitrogen and oxygen atoms in total. The van der Waals surface area contributed by atoms with Gasteiger partial charge in [0.1, 0.15) is 29.7 Å². The minimum Gasteiger partial charge on any atom is -0.497 e. The van der Waals surface area contributed by atoms with Crippen LogP contribution in [0, 0.1) is 105 Å². The van der Waals surface area contributed by atoms with Crippen LogP contribution in [0.25, 0.3) is 0 Å². The fraction of sp³-hybridized carbons (Fsp3) is 0.667. The fourth-order valence-electron chi connectivity index (χ4n) is 23.3. The van der Waals surface area contributed by atoms with Gasteiger partial charge in [-0.15, -0.1) is 0 Å². The molecule has 0 saturated heterocycles. The molecule has 9 fully saturated rings. The third kappa shape index (κ3) is 6.23. The Morgan fingerprint density at radius 3 is 2.46 bits per heavy atom. The van der Waals surface area contributed by atoms with Crippen molar-refractivity contribution in [3.8, 4) is 11.8 Å². The lowest BCUT2D eigenvalue weighted by Gasteiger charge is -2.75. The minimum atomic E-state index is -2.22. The zero-order chi connectivity index (χ0) is 51.6. The topological polar surface area (TPSA) is 166 Å². The standard InChI is InChI=1S/C66H79NO9/c68-36-62-35-63-46(28-44-27-42(20-21-51(44)63)39-11-2-1-3-12-39)23-26-75-60(63)53-30-43-18-10-19-47(40-15-5-6-16-40)48(43)32-52(65(53,62)73)59(71)66(74)55(62)22-25-61-24-9-8-14-38-13-4-7-17-41(38)31-54(67-37-69)49-29-45(34-64(61,66)72)57(61)50-33-56(70)76-58(49)50/h1-4,7,10-13,17-18,23,26,33,36,40,42-49,51-55,57-60,67,69,71-74H,5-6,9,15-16,19-22,24-25,27-32,34-35,37H2/t42-,43-,44-,45-,46-,47-,48-,49-,51-,52-,53+,54+,55+,57+,58+,59-,60+,61+,62-,63+,64+,65-,66+/m0/s1. The normalized spacial score (nSPS) is 51.0. The summed E-state index contributed by atoms with van der Waals surface area (Å²) in [5.74, 6) is 5.57. The third-order valence-electron chi connectivity index (χ3n) is 25.7. The monoisotopic (exact) mass is 1030 g/mol. The highest BCUT2D eigenvalue weighted by Crippen LogP contribution is 2.81. The van der Waals surface area contributed by atoms with Gasteiger partial charge in [0.15, 0.2) is 0 Å². The van der Waals surface area contributed by atoms with E-state index < -0.39 is 69.0 Å². The second-order valence-corrected chi connectivity index (χ2v) is 27.5. The maximum Gasteiger partial charge on any atom is 0.331 e. The number of hydrogen-bond donors (Lipinski definition) is 6. The highest BCUT2D eigenvalue weighted by molar-refractivity contribution is 5.86. The van der Waals surface area contributed by atoms with Gasteiger partial charge in [-0.2, -0.15) is 0 Å². The number of rotatable bonds is 5. The Kier molecular flexibility index (Phi) is 11.3. The van der Waals surface area contributed by atoms with Gasteiger partial charge in [-0.1, -0.05) is 98.2 Å². The number of hydrogen-bond acceptors (Lipinski definition) is 10. The van der Waals surface area contributed by atoms with Crippen LogP contribution in [0.3, 0.4) is 0 Å². The average molecular weight is 1030 g/mol. The van der Waals surface area contributed by atoms with Crippen LogP contribution in [-0.4, -0.2) is 85.7 Å². The molecule has 402 valence electrons. The van der Waals surface area contributed by atoms with Crippen LogP contribution >= 0.6 is 0 Å². The van der Waals surface area contributed by atoms with E-state index >= 15 is 9.90 Å². The third-order valence-corrected chi connectivity index (χ3v) is 25.7. The van der Waals surface area contributed by atoms with Gasteiger partial charge in [-0.05, 0) is 178 Å². The molecule has 4 bridgehead atoms. The van der Waals surface area contributed by atoms with E-state index in [0.717, 1.165) is 55.1 Å². The van der Waals surface area contributed by atoms with Crippen molar-refractivity contribution in [3.63, 3.8) is 0 Å². The summed E-state index contributed by atoms with van der Waals surface area (Å²) in [5, 5.41) is 73.0. The largest absolute Gasteiger partial charge is 0.497 e. The molecule has 15 rings (SSSR count). The maximum atomic E-state index is 15.6. The van der Waals surface area contributed by atoms with Gasteiger partial charge in [-0.3, -0.25) is 5.32 Å². The van der Waals surface area contributed by atoms with Crippen molar-refractivity contribution in [2.45, 2.75) is 169 Å². The molecule has 0 amide bonds. The molecule has 0 aromatic heterocycles.